The SMILES string of the molecule is CCN(CC)Cc1cc(C)c(CN)o1. The van der Waals surface area contributed by atoms with Crippen molar-refractivity contribution >= 4 is 0 Å². The molecule has 0 aromatic carbocycles. The highest BCUT2D eigenvalue weighted by Crippen LogP contribution is 2.15. The van der Waals surface area contributed by atoms with Gasteiger partial charge in [-0.05, 0) is 31.6 Å². The quantitative estimate of drug-likeness (QED) is 0.782. The van der Waals surface area contributed by atoms with Gasteiger partial charge in [-0.25, -0.2) is 0 Å². The van der Waals surface area contributed by atoms with Gasteiger partial charge in [0.2, 0.25) is 0 Å². The molecule has 0 aliphatic heterocycles. The standard InChI is InChI=1S/C11H20N2O/c1-4-13(5-2)8-10-6-9(3)11(7-12)14-10/h6H,4-5,7-8,12H2,1-3H3. The lowest BCUT2D eigenvalue weighted by Gasteiger charge is -2.15. The van der Waals surface area contributed by atoms with Crippen molar-refractivity contribution < 1.29 is 4.42 Å². The van der Waals surface area contributed by atoms with Gasteiger partial charge in [0.15, 0.2) is 0 Å². The Morgan fingerprint density at radius 1 is 1.36 bits per heavy atom. The van der Waals surface area contributed by atoms with Crippen LogP contribution in [0.1, 0.15) is 30.9 Å². The van der Waals surface area contributed by atoms with Crippen molar-refractivity contribution in [3.05, 3.63) is 23.2 Å². The average molecular weight is 196 g/mol. The van der Waals surface area contributed by atoms with Gasteiger partial charge in [0.05, 0.1) is 13.1 Å². The third kappa shape index (κ3) is 2.59. The number of hydrogen-bond donors (Lipinski definition) is 1. The third-order valence-electron chi connectivity index (χ3n) is 2.53. The van der Waals surface area contributed by atoms with Crippen LogP contribution in [-0.2, 0) is 13.1 Å². The van der Waals surface area contributed by atoms with E-state index in [4.69, 9.17) is 10.2 Å². The Bertz CT molecular complexity index is 277. The van der Waals surface area contributed by atoms with Gasteiger partial charge < -0.3 is 10.2 Å². The van der Waals surface area contributed by atoms with Gasteiger partial charge in [0.25, 0.3) is 0 Å². The Morgan fingerprint density at radius 2 is 2.00 bits per heavy atom. The van der Waals surface area contributed by atoms with Crippen LogP contribution < -0.4 is 5.73 Å². The van der Waals surface area contributed by atoms with Gasteiger partial charge in [-0.3, -0.25) is 4.90 Å². The van der Waals surface area contributed by atoms with Gasteiger partial charge in [-0.1, -0.05) is 13.8 Å². The van der Waals surface area contributed by atoms with Gasteiger partial charge >= 0.3 is 0 Å². The molecule has 1 aromatic rings. The lowest BCUT2D eigenvalue weighted by atomic mass is 10.2. The molecule has 0 aliphatic rings. The van der Waals surface area contributed by atoms with Crippen molar-refractivity contribution in [2.75, 3.05) is 13.1 Å². The van der Waals surface area contributed by atoms with E-state index in [1.54, 1.807) is 0 Å². The normalized spacial score (nSPS) is 11.2. The molecule has 0 saturated carbocycles. The molecule has 0 radical (unpaired) electrons. The largest absolute Gasteiger partial charge is 0.463 e. The minimum Gasteiger partial charge on any atom is -0.463 e. The Morgan fingerprint density at radius 3 is 2.43 bits per heavy atom. The van der Waals surface area contributed by atoms with E-state index in [1.165, 1.54) is 0 Å². The summed E-state index contributed by atoms with van der Waals surface area (Å²) in [5, 5.41) is 0. The number of nitrogens with two attached hydrogens (primary N) is 1. The zero-order chi connectivity index (χ0) is 10.6. The minimum absolute atomic E-state index is 0.490. The zero-order valence-electron chi connectivity index (χ0n) is 9.34. The fraction of sp³-hybridized carbons (Fsp3) is 0.636. The minimum atomic E-state index is 0.490. The van der Waals surface area contributed by atoms with Crippen molar-refractivity contribution in [3.8, 4) is 0 Å². The Labute approximate surface area is 85.9 Å². The molecule has 0 aliphatic carbocycles. The molecule has 0 bridgehead atoms. The van der Waals surface area contributed by atoms with Crippen molar-refractivity contribution in [1.82, 2.24) is 4.90 Å². The smallest absolute Gasteiger partial charge is 0.120 e. The second-order valence-corrected chi connectivity index (χ2v) is 3.48. The van der Waals surface area contributed by atoms with Crippen LogP contribution in [0.2, 0.25) is 0 Å². The maximum Gasteiger partial charge on any atom is 0.120 e. The van der Waals surface area contributed by atoms with Crippen molar-refractivity contribution in [2.45, 2.75) is 33.9 Å². The monoisotopic (exact) mass is 196 g/mol. The summed E-state index contributed by atoms with van der Waals surface area (Å²) in [5.74, 6) is 1.93. The second kappa shape index (κ2) is 5.17. The van der Waals surface area contributed by atoms with Crippen LogP contribution in [0.4, 0.5) is 0 Å². The first-order valence-electron chi connectivity index (χ1n) is 5.21. The maximum absolute atomic E-state index is 5.63. The van der Waals surface area contributed by atoms with Crippen LogP contribution in [0.15, 0.2) is 10.5 Å². The van der Waals surface area contributed by atoms with Crippen LogP contribution >= 0.6 is 0 Å². The third-order valence-corrected chi connectivity index (χ3v) is 2.53. The van der Waals surface area contributed by atoms with E-state index in [2.05, 4.69) is 24.8 Å². The number of nitrogens with zero attached hydrogens (tertiary/aromatic N) is 1. The molecular weight excluding hydrogens is 176 g/mol. The van der Waals surface area contributed by atoms with Crippen LogP contribution in [-0.4, -0.2) is 18.0 Å². The predicted octanol–water partition coefficient (Wildman–Crippen LogP) is 1.89. The first kappa shape index (κ1) is 11.3. The Kier molecular flexibility index (Phi) is 4.17. The van der Waals surface area contributed by atoms with Crippen molar-refractivity contribution in [1.29, 1.82) is 0 Å². The highest BCUT2D eigenvalue weighted by atomic mass is 16.3. The van der Waals surface area contributed by atoms with Crippen LogP contribution in [0.5, 0.6) is 0 Å². The molecule has 1 heterocycles. The van der Waals surface area contributed by atoms with Gasteiger partial charge in [0, 0.05) is 0 Å². The summed E-state index contributed by atoms with van der Waals surface area (Å²) in [4.78, 5) is 2.32. The fourth-order valence-corrected chi connectivity index (χ4v) is 1.54. The first-order valence-corrected chi connectivity index (χ1v) is 5.21. The summed E-state index contributed by atoms with van der Waals surface area (Å²) in [5.41, 5.74) is 6.71. The van der Waals surface area contributed by atoms with Gasteiger partial charge in [-0.15, -0.1) is 0 Å². The molecule has 0 amide bonds. The lowest BCUT2D eigenvalue weighted by Crippen LogP contribution is -2.21. The molecule has 0 saturated heterocycles. The zero-order valence-corrected chi connectivity index (χ0v) is 9.34. The van der Waals surface area contributed by atoms with E-state index >= 15 is 0 Å². The van der Waals surface area contributed by atoms with Gasteiger partial charge in [0.1, 0.15) is 11.5 Å². The first-order chi connectivity index (χ1) is 6.71. The topological polar surface area (TPSA) is 42.4 Å². The maximum atomic E-state index is 5.63. The van der Waals surface area contributed by atoms with E-state index in [0.717, 1.165) is 36.7 Å². The average Bonchev–Trinajstić information content (AvgIpc) is 2.55. The summed E-state index contributed by atoms with van der Waals surface area (Å²) in [6.07, 6.45) is 0. The van der Waals surface area contributed by atoms with Crippen LogP contribution in [0.3, 0.4) is 0 Å². The molecule has 14 heavy (non-hydrogen) atoms. The summed E-state index contributed by atoms with van der Waals surface area (Å²) >= 11 is 0. The molecule has 0 atom stereocenters. The number of hydrogen-bond acceptors (Lipinski definition) is 3. The summed E-state index contributed by atoms with van der Waals surface area (Å²) < 4.78 is 5.63. The highest BCUT2D eigenvalue weighted by Gasteiger charge is 2.08. The predicted molar refractivity (Wildman–Crippen MR) is 58.0 cm³/mol. The number of aryl methyl sites for hydroxylation is 1. The van der Waals surface area contributed by atoms with E-state index in [-0.39, 0.29) is 0 Å². The lowest BCUT2D eigenvalue weighted by molar-refractivity contribution is 0.265. The fourth-order valence-electron chi connectivity index (χ4n) is 1.54. The molecule has 3 nitrogen and oxygen atoms in total. The van der Waals surface area contributed by atoms with Crippen LogP contribution in [0, 0.1) is 6.92 Å². The van der Waals surface area contributed by atoms with E-state index in [9.17, 15) is 0 Å². The number of rotatable bonds is 5. The van der Waals surface area contributed by atoms with E-state index < -0.39 is 0 Å². The summed E-state index contributed by atoms with van der Waals surface area (Å²) in [6.45, 7) is 9.82. The molecule has 0 spiro atoms. The molecule has 1 aromatic heterocycles. The molecule has 0 unspecified atom stereocenters. The molecule has 80 valence electrons. The van der Waals surface area contributed by atoms with Crippen molar-refractivity contribution in [3.63, 3.8) is 0 Å². The molecule has 0 fully saturated rings. The Balaban J connectivity index is 2.67. The summed E-state index contributed by atoms with van der Waals surface area (Å²) in [6, 6.07) is 2.08. The molecule has 3 heteroatoms. The van der Waals surface area contributed by atoms with Crippen LogP contribution in [0.25, 0.3) is 0 Å². The second-order valence-electron chi connectivity index (χ2n) is 3.48. The number of furan rings is 1. The van der Waals surface area contributed by atoms with Crippen molar-refractivity contribution in [2.24, 2.45) is 5.73 Å². The van der Waals surface area contributed by atoms with E-state index in [1.807, 2.05) is 6.92 Å². The Hall–Kier alpha value is -0.800. The molecular formula is C11H20N2O. The summed E-state index contributed by atoms with van der Waals surface area (Å²) in [7, 11) is 0. The van der Waals surface area contributed by atoms with Gasteiger partial charge in [-0.2, -0.15) is 0 Å². The molecule has 1 rings (SSSR count). The highest BCUT2D eigenvalue weighted by molar-refractivity contribution is 5.19. The molecule has 2 N–H and O–H groups in total. The van der Waals surface area contributed by atoms with E-state index in [0.29, 0.717) is 6.54 Å².